The van der Waals surface area contributed by atoms with Crippen LogP contribution in [0.3, 0.4) is 0 Å². The molecule has 0 unspecified atom stereocenters. The first-order valence-corrected chi connectivity index (χ1v) is 15.9. The molecule has 0 aliphatic rings. The standard InChI is InChI=1S/C36H24S2.2BF4/c1-5-13-29(14-6-1)33-23-27(24-34(37-33)30-15-7-2-8-16-30)21-22-28-25-35(31-17-9-3-10-18-31)38-36(26-28)32-19-11-4-12-20-32;2*2-1(3,4)5/h1-20,23-26H;;/q+2;2*-1. The molecule has 12 heteroatoms. The van der Waals surface area contributed by atoms with Gasteiger partial charge in [0.25, 0.3) is 0 Å². The fraction of sp³-hybridized carbons (Fsp3) is 0. The maximum atomic E-state index is 9.75. The van der Waals surface area contributed by atoms with Crippen LogP contribution in [0, 0.1) is 11.8 Å². The van der Waals surface area contributed by atoms with Crippen LogP contribution in [0.25, 0.3) is 41.8 Å². The summed E-state index contributed by atoms with van der Waals surface area (Å²) in [5.41, 5.74) is 6.85. The third-order valence-electron chi connectivity index (χ3n) is 6.17. The molecule has 0 aliphatic heterocycles. The first-order valence-electron chi connectivity index (χ1n) is 14.3. The van der Waals surface area contributed by atoms with Gasteiger partial charge in [0, 0.05) is 57.6 Å². The summed E-state index contributed by atoms with van der Waals surface area (Å²) in [4.78, 5) is 4.84. The summed E-state index contributed by atoms with van der Waals surface area (Å²) in [6, 6.07) is 51.1. The van der Waals surface area contributed by atoms with Crippen molar-refractivity contribution >= 4 is 37.2 Å². The monoisotopic (exact) mass is 694 g/mol. The summed E-state index contributed by atoms with van der Waals surface area (Å²) in [6.45, 7) is 0. The SMILES string of the molecule is C(#Cc1cc(-c2ccccc2)[s+]c(-c2ccccc2)c1)c1cc(-c2ccccc2)[s+]c(-c2ccccc2)c1.F[B-](F)(F)F.F[B-](F)(F)F. The first kappa shape index (κ1) is 36.0. The fourth-order valence-electron chi connectivity index (χ4n) is 4.27. The lowest BCUT2D eigenvalue weighted by Gasteiger charge is -1.99. The van der Waals surface area contributed by atoms with E-state index in [-0.39, 0.29) is 0 Å². The molecule has 0 fully saturated rings. The molecule has 0 saturated carbocycles. The van der Waals surface area contributed by atoms with Gasteiger partial charge in [-0.1, -0.05) is 84.6 Å². The highest BCUT2D eigenvalue weighted by atomic mass is 32.1. The molecule has 2 heterocycles. The van der Waals surface area contributed by atoms with Gasteiger partial charge in [-0.3, -0.25) is 0 Å². The van der Waals surface area contributed by atoms with Gasteiger partial charge in [-0.25, -0.2) is 0 Å². The van der Waals surface area contributed by atoms with E-state index in [0.29, 0.717) is 0 Å². The molecule has 0 aliphatic carbocycles. The molecule has 0 amide bonds. The lowest BCUT2D eigenvalue weighted by atomic mass is 10.1. The van der Waals surface area contributed by atoms with E-state index in [4.69, 9.17) is 0 Å². The molecule has 242 valence electrons. The number of hydrogen-bond donors (Lipinski definition) is 0. The molecule has 2 aromatic heterocycles. The Balaban J connectivity index is 0.000000458. The highest BCUT2D eigenvalue weighted by Crippen LogP contribution is 2.35. The summed E-state index contributed by atoms with van der Waals surface area (Å²) in [5.74, 6) is 7.00. The molecule has 6 rings (SSSR count). The van der Waals surface area contributed by atoms with E-state index >= 15 is 0 Å². The van der Waals surface area contributed by atoms with Crippen LogP contribution in [0.2, 0.25) is 0 Å². The minimum absolute atomic E-state index is 1.01. The maximum absolute atomic E-state index is 9.75. The van der Waals surface area contributed by atoms with Crippen molar-refractivity contribution < 1.29 is 34.5 Å². The third kappa shape index (κ3) is 12.7. The molecule has 0 radical (unpaired) electrons. The van der Waals surface area contributed by atoms with Crippen LogP contribution < -0.4 is 0 Å². The average Bonchev–Trinajstić information content (AvgIpc) is 3.07. The highest BCUT2D eigenvalue weighted by Gasteiger charge is 2.22. The second-order valence-corrected chi connectivity index (χ2v) is 12.0. The van der Waals surface area contributed by atoms with Crippen LogP contribution >= 0.6 is 22.7 Å². The maximum Gasteiger partial charge on any atom is 0.673 e. The molecular formula is C36H24B2F8S2. The Labute approximate surface area is 281 Å². The van der Waals surface area contributed by atoms with Crippen molar-refractivity contribution in [2.75, 3.05) is 0 Å². The molecule has 0 N–H and O–H groups in total. The quantitative estimate of drug-likeness (QED) is 0.0746. The average molecular weight is 694 g/mol. The van der Waals surface area contributed by atoms with Crippen LogP contribution in [0.1, 0.15) is 11.1 Å². The van der Waals surface area contributed by atoms with Crippen LogP contribution in [-0.4, -0.2) is 14.5 Å². The predicted molar refractivity (Wildman–Crippen MR) is 186 cm³/mol. The van der Waals surface area contributed by atoms with Gasteiger partial charge in [0.1, 0.15) is 0 Å². The van der Waals surface area contributed by atoms with Gasteiger partial charge in [0.05, 0.1) is 0 Å². The Morgan fingerprint density at radius 3 is 0.708 bits per heavy atom. The van der Waals surface area contributed by atoms with E-state index in [1.807, 2.05) is 0 Å². The molecule has 0 spiro atoms. The van der Waals surface area contributed by atoms with E-state index < -0.39 is 14.5 Å². The molecule has 0 nitrogen and oxygen atoms in total. The van der Waals surface area contributed by atoms with E-state index in [9.17, 15) is 34.5 Å². The van der Waals surface area contributed by atoms with Crippen molar-refractivity contribution in [1.29, 1.82) is 0 Å². The Morgan fingerprint density at radius 2 is 0.521 bits per heavy atom. The topological polar surface area (TPSA) is 0 Å². The number of hydrogen-bond acceptors (Lipinski definition) is 0. The Hall–Kier alpha value is -4.85. The smallest absolute Gasteiger partial charge is 0.418 e. The molecule has 0 saturated heterocycles. The third-order valence-corrected chi connectivity index (χ3v) is 8.46. The molecule has 6 aromatic rings. The Morgan fingerprint density at radius 1 is 0.333 bits per heavy atom. The second-order valence-electron chi connectivity index (χ2n) is 9.85. The number of halogens is 8. The number of benzene rings is 4. The van der Waals surface area contributed by atoms with Crippen molar-refractivity contribution in [3.05, 3.63) is 157 Å². The van der Waals surface area contributed by atoms with Crippen LogP contribution in [0.4, 0.5) is 34.5 Å². The van der Waals surface area contributed by atoms with E-state index in [1.165, 1.54) is 41.8 Å². The second kappa shape index (κ2) is 16.8. The zero-order valence-corrected chi connectivity index (χ0v) is 26.5. The molecule has 0 atom stereocenters. The lowest BCUT2D eigenvalue weighted by molar-refractivity contribution is 0.366. The Kier molecular flexibility index (Phi) is 12.6. The summed E-state index contributed by atoms with van der Waals surface area (Å²) in [5, 5.41) is 0. The predicted octanol–water partition coefficient (Wildman–Crippen LogP) is 13.0. The fourth-order valence-corrected chi connectivity index (χ4v) is 6.50. The van der Waals surface area contributed by atoms with Crippen molar-refractivity contribution in [1.82, 2.24) is 0 Å². The molecule has 48 heavy (non-hydrogen) atoms. The van der Waals surface area contributed by atoms with Crippen LogP contribution in [-0.2, 0) is 0 Å². The minimum atomic E-state index is -6.00. The van der Waals surface area contributed by atoms with Crippen molar-refractivity contribution in [2.24, 2.45) is 0 Å². The summed E-state index contributed by atoms with van der Waals surface area (Å²) in [7, 11) is -12.0. The summed E-state index contributed by atoms with van der Waals surface area (Å²) < 4.78 is 78.0. The van der Waals surface area contributed by atoms with Crippen molar-refractivity contribution in [2.45, 2.75) is 0 Å². The zero-order chi connectivity index (χ0) is 34.6. The highest BCUT2D eigenvalue weighted by molar-refractivity contribution is 7.18. The number of rotatable bonds is 4. The van der Waals surface area contributed by atoms with Gasteiger partial charge in [-0.2, -0.15) is 0 Å². The van der Waals surface area contributed by atoms with Crippen LogP contribution in [0.5, 0.6) is 0 Å². The van der Waals surface area contributed by atoms with Crippen molar-refractivity contribution in [3.8, 4) is 53.6 Å². The minimum Gasteiger partial charge on any atom is -0.418 e. The molecular weight excluding hydrogens is 670 g/mol. The summed E-state index contributed by atoms with van der Waals surface area (Å²) >= 11 is 3.60. The van der Waals surface area contributed by atoms with E-state index in [2.05, 4.69) is 157 Å². The largest absolute Gasteiger partial charge is 0.673 e. The zero-order valence-electron chi connectivity index (χ0n) is 24.9. The van der Waals surface area contributed by atoms with Crippen molar-refractivity contribution in [3.63, 3.8) is 0 Å². The van der Waals surface area contributed by atoms with Gasteiger partial charge >= 0.3 is 14.5 Å². The molecule has 0 bridgehead atoms. The van der Waals surface area contributed by atoms with E-state index in [0.717, 1.165) is 11.1 Å². The molecule has 4 aromatic carbocycles. The van der Waals surface area contributed by atoms with Gasteiger partial charge in [0.2, 0.25) is 42.2 Å². The van der Waals surface area contributed by atoms with E-state index in [1.54, 1.807) is 22.7 Å². The normalized spacial score (nSPS) is 10.8. The summed E-state index contributed by atoms with van der Waals surface area (Å²) in [6.07, 6.45) is 0. The van der Waals surface area contributed by atoms with Gasteiger partial charge in [-0.05, 0) is 48.5 Å². The van der Waals surface area contributed by atoms with Gasteiger partial charge in [-0.15, -0.1) is 0 Å². The van der Waals surface area contributed by atoms with Gasteiger partial charge < -0.3 is 34.5 Å². The lowest BCUT2D eigenvalue weighted by Crippen LogP contribution is -2.02. The van der Waals surface area contributed by atoms with Crippen LogP contribution in [0.15, 0.2) is 146 Å². The Bertz CT molecular complexity index is 1690. The first-order chi connectivity index (χ1) is 22.8. The van der Waals surface area contributed by atoms with Gasteiger partial charge in [0.15, 0.2) is 0 Å².